The van der Waals surface area contributed by atoms with Crippen molar-refractivity contribution in [2.45, 2.75) is 49.9 Å². The summed E-state index contributed by atoms with van der Waals surface area (Å²) in [6, 6.07) is 0. The molecule has 0 radical (unpaired) electrons. The quantitative estimate of drug-likeness (QED) is 0.649. The fourth-order valence-corrected chi connectivity index (χ4v) is 3.28. The highest BCUT2D eigenvalue weighted by atomic mass is 16.7. The number of amides is 1. The predicted molar refractivity (Wildman–Crippen MR) is 53.2 cm³/mol. The summed E-state index contributed by atoms with van der Waals surface area (Å²) in [5.41, 5.74) is -0.223. The summed E-state index contributed by atoms with van der Waals surface area (Å²) in [5.74, 6) is -0.354. The monoisotopic (exact) mass is 211 g/mol. The van der Waals surface area contributed by atoms with Crippen LogP contribution in [-0.2, 0) is 14.3 Å². The summed E-state index contributed by atoms with van der Waals surface area (Å²) in [6.07, 6.45) is 5.71. The molecular formula is C11H17NO3. The Morgan fingerprint density at radius 1 is 1.07 bits per heavy atom. The molecule has 0 aromatic heterocycles. The molecule has 1 N–H and O–H groups in total. The van der Waals surface area contributed by atoms with Crippen LogP contribution in [0.2, 0.25) is 0 Å². The molecule has 4 nitrogen and oxygen atoms in total. The van der Waals surface area contributed by atoms with Crippen molar-refractivity contribution in [1.82, 2.24) is 5.32 Å². The van der Waals surface area contributed by atoms with Gasteiger partial charge >= 0.3 is 0 Å². The van der Waals surface area contributed by atoms with Crippen LogP contribution >= 0.6 is 0 Å². The predicted octanol–water partition coefficient (Wildman–Crippen LogP) is 0.952. The molecule has 15 heavy (non-hydrogen) atoms. The van der Waals surface area contributed by atoms with Crippen LogP contribution in [0, 0.1) is 0 Å². The summed E-state index contributed by atoms with van der Waals surface area (Å²) in [6.45, 7) is 1.33. The van der Waals surface area contributed by atoms with Crippen LogP contribution < -0.4 is 5.32 Å². The second-order valence-electron chi connectivity index (χ2n) is 4.79. The molecule has 0 bridgehead atoms. The van der Waals surface area contributed by atoms with E-state index in [0.29, 0.717) is 19.6 Å². The Labute approximate surface area is 89.3 Å². The number of rotatable bonds is 0. The van der Waals surface area contributed by atoms with Crippen molar-refractivity contribution in [2.24, 2.45) is 0 Å². The van der Waals surface area contributed by atoms with Crippen molar-refractivity contribution >= 4 is 5.91 Å². The minimum absolute atomic E-state index is 0.148. The average Bonchev–Trinajstić information content (AvgIpc) is 2.81. The van der Waals surface area contributed by atoms with Gasteiger partial charge in [-0.1, -0.05) is 6.42 Å². The maximum absolute atomic E-state index is 11.4. The summed E-state index contributed by atoms with van der Waals surface area (Å²) >= 11 is 0. The summed E-state index contributed by atoms with van der Waals surface area (Å²) in [5, 5.41) is 3.11. The molecule has 2 aliphatic heterocycles. The third-order valence-electron chi connectivity index (χ3n) is 4.00. The van der Waals surface area contributed by atoms with Crippen molar-refractivity contribution in [3.05, 3.63) is 0 Å². The van der Waals surface area contributed by atoms with Gasteiger partial charge in [-0.05, 0) is 19.3 Å². The van der Waals surface area contributed by atoms with Gasteiger partial charge in [-0.3, -0.25) is 4.79 Å². The van der Waals surface area contributed by atoms with Crippen LogP contribution in [-0.4, -0.2) is 30.4 Å². The smallest absolute Gasteiger partial charge is 0.220 e. The van der Waals surface area contributed by atoms with E-state index < -0.39 is 5.79 Å². The highest BCUT2D eigenvalue weighted by Gasteiger charge is 2.59. The van der Waals surface area contributed by atoms with Crippen LogP contribution in [0.3, 0.4) is 0 Å². The largest absolute Gasteiger partial charge is 0.345 e. The first-order valence-electron chi connectivity index (χ1n) is 5.85. The normalized spacial score (nSPS) is 38.8. The minimum atomic E-state index is -0.503. The number of hydrogen-bond donors (Lipinski definition) is 1. The standard InChI is InChI=1S/C11H17NO3/c13-9-3-6-10(12-9)4-1-2-5-11(10)14-7-8-15-11/h1-8H2,(H,12,13)/t10-/m1/s1. The van der Waals surface area contributed by atoms with Gasteiger partial charge < -0.3 is 14.8 Å². The van der Waals surface area contributed by atoms with Crippen molar-refractivity contribution in [3.63, 3.8) is 0 Å². The lowest BCUT2D eigenvalue weighted by Gasteiger charge is -2.47. The van der Waals surface area contributed by atoms with Crippen LogP contribution in [0.5, 0.6) is 0 Å². The molecule has 2 spiro atoms. The molecule has 3 aliphatic rings. The first-order valence-corrected chi connectivity index (χ1v) is 5.85. The summed E-state index contributed by atoms with van der Waals surface area (Å²) in [7, 11) is 0. The van der Waals surface area contributed by atoms with E-state index in [-0.39, 0.29) is 11.4 Å². The van der Waals surface area contributed by atoms with Crippen molar-refractivity contribution < 1.29 is 14.3 Å². The molecule has 2 heterocycles. The highest BCUT2D eigenvalue weighted by Crippen LogP contribution is 2.47. The Kier molecular flexibility index (Phi) is 2.04. The number of fused-ring (bicyclic) bond motifs is 1. The Balaban J connectivity index is 1.93. The number of ether oxygens (including phenoxy) is 2. The number of carbonyl (C=O) groups is 1. The van der Waals surface area contributed by atoms with Gasteiger partial charge in [-0.25, -0.2) is 0 Å². The van der Waals surface area contributed by atoms with E-state index >= 15 is 0 Å². The van der Waals surface area contributed by atoms with E-state index in [0.717, 1.165) is 32.1 Å². The van der Waals surface area contributed by atoms with Crippen molar-refractivity contribution in [1.29, 1.82) is 0 Å². The van der Waals surface area contributed by atoms with Crippen LogP contribution in [0.1, 0.15) is 38.5 Å². The number of hydrogen-bond acceptors (Lipinski definition) is 3. The van der Waals surface area contributed by atoms with Gasteiger partial charge in [0.15, 0.2) is 5.79 Å². The van der Waals surface area contributed by atoms with Gasteiger partial charge in [0.25, 0.3) is 0 Å². The molecule has 3 fully saturated rings. The van der Waals surface area contributed by atoms with E-state index in [1.807, 2.05) is 0 Å². The molecule has 84 valence electrons. The lowest BCUT2D eigenvalue weighted by Crippen LogP contribution is -2.63. The van der Waals surface area contributed by atoms with Gasteiger partial charge in [-0.15, -0.1) is 0 Å². The second kappa shape index (κ2) is 3.19. The van der Waals surface area contributed by atoms with E-state index in [9.17, 15) is 4.79 Å². The lowest BCUT2D eigenvalue weighted by molar-refractivity contribution is -0.227. The number of nitrogens with one attached hydrogen (secondary N) is 1. The molecule has 0 aromatic carbocycles. The van der Waals surface area contributed by atoms with Gasteiger partial charge in [0, 0.05) is 12.8 Å². The molecule has 1 atom stereocenters. The molecule has 0 aromatic rings. The summed E-state index contributed by atoms with van der Waals surface area (Å²) < 4.78 is 11.7. The fourth-order valence-electron chi connectivity index (χ4n) is 3.28. The number of carbonyl (C=O) groups excluding carboxylic acids is 1. The van der Waals surface area contributed by atoms with Gasteiger partial charge in [0.2, 0.25) is 5.91 Å². The SMILES string of the molecule is O=C1CC[C@@]2(CCCCC23OCCO3)N1. The van der Waals surface area contributed by atoms with E-state index in [1.54, 1.807) is 0 Å². The van der Waals surface area contributed by atoms with Crippen LogP contribution in [0.15, 0.2) is 0 Å². The molecule has 3 rings (SSSR count). The molecule has 0 unspecified atom stereocenters. The molecule has 4 heteroatoms. The topological polar surface area (TPSA) is 47.6 Å². The minimum Gasteiger partial charge on any atom is -0.345 e. The third-order valence-corrected chi connectivity index (χ3v) is 4.00. The third kappa shape index (κ3) is 1.24. The van der Waals surface area contributed by atoms with Crippen molar-refractivity contribution in [3.8, 4) is 0 Å². The zero-order valence-corrected chi connectivity index (χ0v) is 8.88. The van der Waals surface area contributed by atoms with Crippen molar-refractivity contribution in [2.75, 3.05) is 13.2 Å². The molecule has 1 saturated carbocycles. The maximum atomic E-state index is 11.4. The zero-order valence-electron chi connectivity index (χ0n) is 8.88. The molecule has 1 aliphatic carbocycles. The molecular weight excluding hydrogens is 194 g/mol. The lowest BCUT2D eigenvalue weighted by atomic mass is 9.75. The van der Waals surface area contributed by atoms with E-state index in [4.69, 9.17) is 9.47 Å². The van der Waals surface area contributed by atoms with E-state index in [1.165, 1.54) is 0 Å². The Bertz CT molecular complexity index is 286. The average molecular weight is 211 g/mol. The zero-order chi connectivity index (χ0) is 10.4. The Morgan fingerprint density at radius 3 is 2.47 bits per heavy atom. The molecule has 1 amide bonds. The Morgan fingerprint density at radius 2 is 1.80 bits per heavy atom. The first kappa shape index (κ1) is 9.60. The highest BCUT2D eigenvalue weighted by molar-refractivity contribution is 5.79. The van der Waals surface area contributed by atoms with Gasteiger partial charge in [-0.2, -0.15) is 0 Å². The van der Waals surface area contributed by atoms with Crippen LogP contribution in [0.25, 0.3) is 0 Å². The maximum Gasteiger partial charge on any atom is 0.220 e. The van der Waals surface area contributed by atoms with Gasteiger partial charge in [0.05, 0.1) is 18.8 Å². The second-order valence-corrected chi connectivity index (χ2v) is 4.79. The first-order chi connectivity index (χ1) is 7.27. The Hall–Kier alpha value is -0.610. The van der Waals surface area contributed by atoms with E-state index in [2.05, 4.69) is 5.32 Å². The summed E-state index contributed by atoms with van der Waals surface area (Å²) in [4.78, 5) is 11.4. The molecule has 2 saturated heterocycles. The van der Waals surface area contributed by atoms with Gasteiger partial charge in [0.1, 0.15) is 0 Å². The van der Waals surface area contributed by atoms with Crippen LogP contribution in [0.4, 0.5) is 0 Å². The fraction of sp³-hybridized carbons (Fsp3) is 0.909.